The monoisotopic (exact) mass is 308 g/mol. The molecule has 1 rings (SSSR count). The molecule has 0 saturated heterocycles. The molecule has 4 nitrogen and oxygen atoms in total. The van der Waals surface area contributed by atoms with Gasteiger partial charge in [-0.2, -0.15) is 0 Å². The van der Waals surface area contributed by atoms with Gasteiger partial charge in [0.25, 0.3) is 0 Å². The Kier molecular flexibility index (Phi) is 8.76. The fraction of sp³-hybridized carbons (Fsp3) is 0.667. The first-order valence-corrected chi connectivity index (χ1v) is 8.00. The molecule has 0 aromatic rings. The van der Waals surface area contributed by atoms with E-state index in [1.165, 1.54) is 32.1 Å². The van der Waals surface area contributed by atoms with Gasteiger partial charge in [-0.05, 0) is 38.0 Å². The molecule has 1 aliphatic rings. The van der Waals surface area contributed by atoms with Gasteiger partial charge >= 0.3 is 0 Å². The summed E-state index contributed by atoms with van der Waals surface area (Å²) in [6.07, 6.45) is 10.3. The van der Waals surface area contributed by atoms with Gasteiger partial charge in [-0.1, -0.05) is 52.2 Å². The largest absolute Gasteiger partial charge is 0.366 e. The molecule has 4 heteroatoms. The van der Waals surface area contributed by atoms with E-state index < -0.39 is 0 Å². The SMILES string of the molecule is C/C(=C\C(C)(C)C)C(N)=O.C/C(=C\C1CCCCC1)C(N)=O. The molecular weight excluding hydrogens is 276 g/mol. The minimum Gasteiger partial charge on any atom is -0.366 e. The van der Waals surface area contributed by atoms with Crippen LogP contribution in [0.25, 0.3) is 0 Å². The Bertz CT molecular complexity index is 436. The number of nitrogens with two attached hydrogens (primary N) is 2. The zero-order valence-electron chi connectivity index (χ0n) is 14.7. The molecule has 0 atom stereocenters. The van der Waals surface area contributed by atoms with Gasteiger partial charge in [-0.15, -0.1) is 0 Å². The van der Waals surface area contributed by atoms with E-state index >= 15 is 0 Å². The third-order valence-electron chi connectivity index (χ3n) is 3.56. The molecule has 0 aliphatic heterocycles. The highest BCUT2D eigenvalue weighted by Crippen LogP contribution is 2.25. The number of carbonyl (C=O) groups excluding carboxylic acids is 2. The van der Waals surface area contributed by atoms with Crippen LogP contribution in [0.15, 0.2) is 23.3 Å². The third-order valence-corrected chi connectivity index (χ3v) is 3.56. The molecular formula is C18H32N2O2. The highest BCUT2D eigenvalue weighted by Gasteiger charge is 2.11. The van der Waals surface area contributed by atoms with E-state index in [4.69, 9.17) is 11.5 Å². The van der Waals surface area contributed by atoms with Gasteiger partial charge in [0.1, 0.15) is 0 Å². The fourth-order valence-corrected chi connectivity index (χ4v) is 2.46. The van der Waals surface area contributed by atoms with Crippen LogP contribution in [0.4, 0.5) is 0 Å². The molecule has 2 amide bonds. The third kappa shape index (κ3) is 10.2. The summed E-state index contributed by atoms with van der Waals surface area (Å²) < 4.78 is 0. The van der Waals surface area contributed by atoms with E-state index in [1.54, 1.807) is 13.8 Å². The van der Waals surface area contributed by atoms with Crippen LogP contribution >= 0.6 is 0 Å². The number of carbonyl (C=O) groups is 2. The van der Waals surface area contributed by atoms with Crippen molar-refractivity contribution in [3.63, 3.8) is 0 Å². The van der Waals surface area contributed by atoms with Crippen LogP contribution in [-0.4, -0.2) is 11.8 Å². The van der Waals surface area contributed by atoms with Crippen LogP contribution in [0.1, 0.15) is 66.7 Å². The number of allylic oxidation sites excluding steroid dienone is 2. The summed E-state index contributed by atoms with van der Waals surface area (Å²) in [7, 11) is 0. The first-order valence-electron chi connectivity index (χ1n) is 8.00. The molecule has 0 radical (unpaired) electrons. The Hall–Kier alpha value is -1.58. The van der Waals surface area contributed by atoms with Crippen molar-refractivity contribution in [1.29, 1.82) is 0 Å². The highest BCUT2D eigenvalue weighted by molar-refractivity contribution is 5.91. The van der Waals surface area contributed by atoms with Gasteiger partial charge in [0.15, 0.2) is 0 Å². The van der Waals surface area contributed by atoms with E-state index in [0.29, 0.717) is 11.5 Å². The van der Waals surface area contributed by atoms with Crippen LogP contribution in [0.5, 0.6) is 0 Å². The lowest BCUT2D eigenvalue weighted by Gasteiger charge is -2.18. The maximum absolute atomic E-state index is 10.7. The Balaban J connectivity index is 0.000000409. The second-order valence-corrected chi connectivity index (χ2v) is 7.17. The lowest BCUT2D eigenvalue weighted by atomic mass is 9.88. The molecule has 1 fully saturated rings. The second-order valence-electron chi connectivity index (χ2n) is 7.17. The maximum atomic E-state index is 10.7. The Morgan fingerprint density at radius 1 is 0.909 bits per heavy atom. The van der Waals surface area contributed by atoms with Crippen molar-refractivity contribution in [3.8, 4) is 0 Å². The van der Waals surface area contributed by atoms with Gasteiger partial charge in [0.05, 0.1) is 0 Å². The van der Waals surface area contributed by atoms with E-state index in [9.17, 15) is 9.59 Å². The summed E-state index contributed by atoms with van der Waals surface area (Å²) in [6.45, 7) is 9.61. The van der Waals surface area contributed by atoms with Crippen molar-refractivity contribution < 1.29 is 9.59 Å². The van der Waals surface area contributed by atoms with Crippen LogP contribution in [0.2, 0.25) is 0 Å². The number of hydrogen-bond acceptors (Lipinski definition) is 2. The van der Waals surface area contributed by atoms with Crippen molar-refractivity contribution >= 4 is 11.8 Å². The standard InChI is InChI=1S/C10H17NO.C8H15NO/c1-8(10(11)12)7-9-5-3-2-4-6-9;1-6(7(9)10)5-8(2,3)4/h7,9H,2-6H2,1H3,(H2,11,12);5H,1-4H3,(H2,9,10)/b8-7+;6-5+. The van der Waals surface area contributed by atoms with E-state index in [0.717, 1.165) is 5.57 Å². The molecule has 1 aliphatic carbocycles. The predicted molar refractivity (Wildman–Crippen MR) is 91.9 cm³/mol. The number of primary amides is 2. The van der Waals surface area contributed by atoms with Crippen molar-refractivity contribution in [2.24, 2.45) is 22.8 Å². The molecule has 0 aromatic heterocycles. The van der Waals surface area contributed by atoms with Gasteiger partial charge in [-0.3, -0.25) is 9.59 Å². The first-order chi connectivity index (χ1) is 10.0. The Labute approximate surface area is 135 Å². The lowest BCUT2D eigenvalue weighted by Crippen LogP contribution is -2.14. The van der Waals surface area contributed by atoms with Crippen molar-refractivity contribution in [2.75, 3.05) is 0 Å². The summed E-state index contributed by atoms with van der Waals surface area (Å²) in [6, 6.07) is 0. The number of hydrogen-bond donors (Lipinski definition) is 2. The van der Waals surface area contributed by atoms with Crippen LogP contribution in [0.3, 0.4) is 0 Å². The molecule has 0 heterocycles. The normalized spacial score (nSPS) is 17.5. The Morgan fingerprint density at radius 2 is 1.36 bits per heavy atom. The summed E-state index contributed by atoms with van der Waals surface area (Å²) in [4.78, 5) is 21.3. The highest BCUT2D eigenvalue weighted by atomic mass is 16.1. The van der Waals surface area contributed by atoms with Crippen molar-refractivity contribution in [1.82, 2.24) is 0 Å². The summed E-state index contributed by atoms with van der Waals surface area (Å²) in [5.74, 6) is -0.0123. The van der Waals surface area contributed by atoms with Crippen molar-refractivity contribution in [3.05, 3.63) is 23.3 Å². The molecule has 126 valence electrons. The summed E-state index contributed by atoms with van der Waals surface area (Å²) in [5.41, 5.74) is 11.6. The van der Waals surface area contributed by atoms with E-state index in [2.05, 4.69) is 0 Å². The van der Waals surface area contributed by atoms with E-state index in [-0.39, 0.29) is 17.2 Å². The Morgan fingerprint density at radius 3 is 1.68 bits per heavy atom. The lowest BCUT2D eigenvalue weighted by molar-refractivity contribution is -0.115. The van der Waals surface area contributed by atoms with Crippen LogP contribution in [0, 0.1) is 11.3 Å². The zero-order valence-corrected chi connectivity index (χ0v) is 14.7. The zero-order chi connectivity index (χ0) is 17.3. The molecule has 0 aromatic carbocycles. The number of rotatable bonds is 3. The first kappa shape index (κ1) is 20.4. The van der Waals surface area contributed by atoms with Crippen LogP contribution in [-0.2, 0) is 9.59 Å². The summed E-state index contributed by atoms with van der Waals surface area (Å²) in [5, 5.41) is 0. The maximum Gasteiger partial charge on any atom is 0.244 e. The average molecular weight is 308 g/mol. The molecule has 0 spiro atoms. The quantitative estimate of drug-likeness (QED) is 0.782. The second kappa shape index (κ2) is 9.44. The van der Waals surface area contributed by atoms with E-state index in [1.807, 2.05) is 32.9 Å². The predicted octanol–water partition coefficient (Wildman–Crippen LogP) is 3.46. The van der Waals surface area contributed by atoms with Gasteiger partial charge in [-0.25, -0.2) is 0 Å². The topological polar surface area (TPSA) is 86.2 Å². The smallest absolute Gasteiger partial charge is 0.244 e. The molecule has 0 bridgehead atoms. The average Bonchev–Trinajstić information content (AvgIpc) is 2.38. The van der Waals surface area contributed by atoms with Gasteiger partial charge in [0.2, 0.25) is 11.8 Å². The van der Waals surface area contributed by atoms with Crippen molar-refractivity contribution in [2.45, 2.75) is 66.7 Å². The van der Waals surface area contributed by atoms with Gasteiger partial charge in [0, 0.05) is 11.1 Å². The molecule has 4 N–H and O–H groups in total. The minimum atomic E-state index is -0.338. The fourth-order valence-electron chi connectivity index (χ4n) is 2.46. The molecule has 1 saturated carbocycles. The minimum absolute atomic E-state index is 0.0408. The number of amides is 2. The summed E-state index contributed by atoms with van der Waals surface area (Å²) >= 11 is 0. The molecule has 22 heavy (non-hydrogen) atoms. The van der Waals surface area contributed by atoms with Crippen LogP contribution < -0.4 is 11.5 Å². The van der Waals surface area contributed by atoms with Gasteiger partial charge < -0.3 is 11.5 Å². The molecule has 0 unspecified atom stereocenters.